The maximum Gasteiger partial charge on any atom is 0.264 e. The molecule has 1 saturated carbocycles. The summed E-state index contributed by atoms with van der Waals surface area (Å²) < 4.78 is 0. The van der Waals surface area contributed by atoms with Crippen LogP contribution >= 0.6 is 0 Å². The lowest BCUT2D eigenvalue weighted by Crippen LogP contribution is -2.36. The third-order valence-electron chi connectivity index (χ3n) is 4.04. The molecule has 1 amide bonds. The Balaban J connectivity index is 2.10. The molecule has 0 radical (unpaired) electrons. The van der Waals surface area contributed by atoms with Crippen molar-refractivity contribution in [2.45, 2.75) is 52.1 Å². The van der Waals surface area contributed by atoms with Gasteiger partial charge in [-0.1, -0.05) is 20.3 Å². The predicted molar refractivity (Wildman–Crippen MR) is 79.4 cm³/mol. The summed E-state index contributed by atoms with van der Waals surface area (Å²) in [6, 6.07) is 0. The van der Waals surface area contributed by atoms with E-state index < -0.39 is 11.5 Å². The Labute approximate surface area is 124 Å². The molecule has 0 saturated heterocycles. The summed E-state index contributed by atoms with van der Waals surface area (Å²) in [6.45, 7) is 5.92. The van der Waals surface area contributed by atoms with Gasteiger partial charge in [-0.3, -0.25) is 9.59 Å². The zero-order chi connectivity index (χ0) is 15.6. The number of aromatic nitrogens is 2. The van der Waals surface area contributed by atoms with Gasteiger partial charge in [-0.15, -0.1) is 0 Å². The number of nitrogens with zero attached hydrogens (tertiary/aromatic N) is 1. The number of aliphatic hydroxyl groups excluding tert-OH is 1. The molecule has 0 aliphatic heterocycles. The van der Waals surface area contributed by atoms with E-state index in [9.17, 15) is 14.7 Å². The molecule has 1 aromatic rings. The molecule has 116 valence electrons. The van der Waals surface area contributed by atoms with Crippen molar-refractivity contribution in [1.29, 1.82) is 0 Å². The Morgan fingerprint density at radius 2 is 2.19 bits per heavy atom. The first-order valence-electron chi connectivity index (χ1n) is 7.47. The Kier molecular flexibility index (Phi) is 4.77. The van der Waals surface area contributed by atoms with E-state index >= 15 is 0 Å². The summed E-state index contributed by atoms with van der Waals surface area (Å²) >= 11 is 0. The van der Waals surface area contributed by atoms with Gasteiger partial charge in [-0.25, -0.2) is 4.98 Å². The van der Waals surface area contributed by atoms with Crippen LogP contribution in [0.25, 0.3) is 0 Å². The van der Waals surface area contributed by atoms with Crippen LogP contribution in [0.3, 0.4) is 0 Å². The van der Waals surface area contributed by atoms with Crippen LogP contribution in [0.5, 0.6) is 0 Å². The maximum atomic E-state index is 12.2. The molecule has 21 heavy (non-hydrogen) atoms. The molecule has 6 heteroatoms. The van der Waals surface area contributed by atoms with Crippen molar-refractivity contribution in [3.8, 4) is 0 Å². The van der Waals surface area contributed by atoms with E-state index in [4.69, 9.17) is 0 Å². The van der Waals surface area contributed by atoms with E-state index in [1.165, 1.54) is 0 Å². The summed E-state index contributed by atoms with van der Waals surface area (Å²) in [4.78, 5) is 31.2. The number of aliphatic hydroxyl groups is 1. The molecule has 6 nitrogen and oxygen atoms in total. The minimum Gasteiger partial charge on any atom is -0.393 e. The molecule has 1 aromatic heterocycles. The first-order valence-corrected chi connectivity index (χ1v) is 7.47. The van der Waals surface area contributed by atoms with Crippen molar-refractivity contribution in [1.82, 2.24) is 15.3 Å². The first-order chi connectivity index (χ1) is 9.90. The fraction of sp³-hybridized carbons (Fsp3) is 0.667. The molecule has 0 aromatic carbocycles. The Morgan fingerprint density at radius 1 is 1.48 bits per heavy atom. The first kappa shape index (κ1) is 15.7. The van der Waals surface area contributed by atoms with Crippen LogP contribution in [0.1, 0.15) is 60.9 Å². The highest BCUT2D eigenvalue weighted by Gasteiger charge is 2.26. The number of aromatic amines is 1. The van der Waals surface area contributed by atoms with Crippen molar-refractivity contribution < 1.29 is 9.90 Å². The number of amides is 1. The van der Waals surface area contributed by atoms with Gasteiger partial charge in [0.1, 0.15) is 11.4 Å². The summed E-state index contributed by atoms with van der Waals surface area (Å²) in [7, 11) is 0. The number of H-pyrrole nitrogens is 1. The standard InChI is InChI=1S/C15H23N3O3/c1-8(2)13-17-9(3)12(15(21)18-13)14(20)16-7-10-5-4-6-11(10)19/h8,10-11,19H,4-7H2,1-3H3,(H,16,20)(H,17,18,21). The largest absolute Gasteiger partial charge is 0.393 e. The minimum absolute atomic E-state index is 0.0619. The molecule has 2 rings (SSSR count). The van der Waals surface area contributed by atoms with Gasteiger partial charge in [0.15, 0.2) is 0 Å². The second-order valence-electron chi connectivity index (χ2n) is 6.03. The van der Waals surface area contributed by atoms with Crippen molar-refractivity contribution in [3.63, 3.8) is 0 Å². The molecule has 1 aliphatic carbocycles. The monoisotopic (exact) mass is 293 g/mol. The number of aryl methyl sites for hydroxylation is 1. The molecule has 1 fully saturated rings. The number of carbonyl (C=O) groups excluding carboxylic acids is 1. The summed E-state index contributed by atoms with van der Waals surface area (Å²) in [5.41, 5.74) is 0.0921. The number of carbonyl (C=O) groups is 1. The lowest BCUT2D eigenvalue weighted by atomic mass is 10.1. The van der Waals surface area contributed by atoms with E-state index in [1.54, 1.807) is 6.92 Å². The molecule has 3 N–H and O–H groups in total. The summed E-state index contributed by atoms with van der Waals surface area (Å²) in [5.74, 6) is 0.342. The van der Waals surface area contributed by atoms with E-state index in [-0.39, 0.29) is 23.5 Å². The average molecular weight is 293 g/mol. The Hall–Kier alpha value is -1.69. The highest BCUT2D eigenvalue weighted by atomic mass is 16.3. The zero-order valence-corrected chi connectivity index (χ0v) is 12.8. The topological polar surface area (TPSA) is 95.1 Å². The molecule has 0 spiro atoms. The molecule has 2 unspecified atom stereocenters. The average Bonchev–Trinajstić information content (AvgIpc) is 2.81. The number of hydrogen-bond acceptors (Lipinski definition) is 4. The van der Waals surface area contributed by atoms with Gasteiger partial charge in [0, 0.05) is 18.4 Å². The number of nitrogens with one attached hydrogen (secondary N) is 2. The lowest BCUT2D eigenvalue weighted by Gasteiger charge is -2.15. The van der Waals surface area contributed by atoms with Crippen molar-refractivity contribution >= 4 is 5.91 Å². The van der Waals surface area contributed by atoms with Crippen molar-refractivity contribution in [3.05, 3.63) is 27.4 Å². The van der Waals surface area contributed by atoms with E-state index in [2.05, 4.69) is 15.3 Å². The Morgan fingerprint density at radius 3 is 2.71 bits per heavy atom. The van der Waals surface area contributed by atoms with Crippen LogP contribution in [-0.2, 0) is 0 Å². The van der Waals surface area contributed by atoms with Gasteiger partial charge in [-0.05, 0) is 19.8 Å². The normalized spacial score (nSPS) is 21.8. The molecular weight excluding hydrogens is 270 g/mol. The zero-order valence-electron chi connectivity index (χ0n) is 12.8. The van der Waals surface area contributed by atoms with Crippen molar-refractivity contribution in [2.24, 2.45) is 5.92 Å². The SMILES string of the molecule is Cc1nc(C(C)C)[nH]c(=O)c1C(=O)NCC1CCCC1O. The molecule has 1 heterocycles. The third-order valence-corrected chi connectivity index (χ3v) is 4.04. The van der Waals surface area contributed by atoms with Gasteiger partial charge in [0.2, 0.25) is 0 Å². The quantitative estimate of drug-likeness (QED) is 0.774. The lowest BCUT2D eigenvalue weighted by molar-refractivity contribution is 0.0914. The van der Waals surface area contributed by atoms with Crippen LogP contribution in [0, 0.1) is 12.8 Å². The van der Waals surface area contributed by atoms with E-state index in [0.717, 1.165) is 19.3 Å². The van der Waals surface area contributed by atoms with Crippen LogP contribution in [-0.4, -0.2) is 33.6 Å². The molecule has 2 atom stereocenters. The van der Waals surface area contributed by atoms with Crippen LogP contribution < -0.4 is 10.9 Å². The van der Waals surface area contributed by atoms with Gasteiger partial charge in [0.05, 0.1) is 11.8 Å². The molecule has 1 aliphatic rings. The molecular formula is C15H23N3O3. The van der Waals surface area contributed by atoms with Crippen molar-refractivity contribution in [2.75, 3.05) is 6.54 Å². The molecule has 0 bridgehead atoms. The van der Waals surface area contributed by atoms with Crippen LogP contribution in [0.15, 0.2) is 4.79 Å². The third kappa shape index (κ3) is 3.50. The van der Waals surface area contributed by atoms with Gasteiger partial charge < -0.3 is 15.4 Å². The van der Waals surface area contributed by atoms with Crippen LogP contribution in [0.4, 0.5) is 0 Å². The highest BCUT2D eigenvalue weighted by Crippen LogP contribution is 2.24. The second-order valence-corrected chi connectivity index (χ2v) is 6.03. The van der Waals surface area contributed by atoms with Crippen LogP contribution in [0.2, 0.25) is 0 Å². The maximum absolute atomic E-state index is 12.2. The van der Waals surface area contributed by atoms with E-state index in [0.29, 0.717) is 18.1 Å². The summed E-state index contributed by atoms with van der Waals surface area (Å²) in [6.07, 6.45) is 2.31. The van der Waals surface area contributed by atoms with Gasteiger partial charge >= 0.3 is 0 Å². The smallest absolute Gasteiger partial charge is 0.264 e. The predicted octanol–water partition coefficient (Wildman–Crippen LogP) is 1.09. The Bertz CT molecular complexity index is 580. The van der Waals surface area contributed by atoms with Gasteiger partial charge in [-0.2, -0.15) is 0 Å². The van der Waals surface area contributed by atoms with E-state index in [1.807, 2.05) is 13.8 Å². The number of rotatable bonds is 4. The number of hydrogen-bond donors (Lipinski definition) is 3. The highest BCUT2D eigenvalue weighted by molar-refractivity contribution is 5.94. The fourth-order valence-electron chi connectivity index (χ4n) is 2.72. The van der Waals surface area contributed by atoms with Gasteiger partial charge in [0.25, 0.3) is 11.5 Å². The minimum atomic E-state index is -0.421. The second kappa shape index (κ2) is 6.39. The summed E-state index contributed by atoms with van der Waals surface area (Å²) in [5, 5.41) is 12.5. The fourth-order valence-corrected chi connectivity index (χ4v) is 2.72.